The normalized spacial score (nSPS) is 26.9. The van der Waals surface area contributed by atoms with Crippen LogP contribution in [0.5, 0.6) is 0 Å². The number of aliphatic carboxylic acids is 1. The molecule has 1 amide bonds. The van der Waals surface area contributed by atoms with Crippen molar-refractivity contribution in [1.29, 1.82) is 0 Å². The lowest BCUT2D eigenvalue weighted by Gasteiger charge is -2.34. The maximum Gasteiger partial charge on any atom is 0.310 e. The maximum absolute atomic E-state index is 12.2. The van der Waals surface area contributed by atoms with Crippen LogP contribution in [0.15, 0.2) is 0 Å². The molecule has 0 aromatic rings. The Balaban J connectivity index is 1.90. The molecule has 20 heavy (non-hydrogen) atoms. The minimum atomic E-state index is -0.817. The molecule has 1 aliphatic carbocycles. The highest BCUT2D eigenvalue weighted by molar-refractivity contribution is 5.85. The van der Waals surface area contributed by atoms with Gasteiger partial charge in [-0.15, -0.1) is 0 Å². The van der Waals surface area contributed by atoms with E-state index in [1.54, 1.807) is 0 Å². The molecule has 5 nitrogen and oxygen atoms in total. The summed E-state index contributed by atoms with van der Waals surface area (Å²) in [6, 6.07) is 0.177. The van der Waals surface area contributed by atoms with Crippen LogP contribution >= 0.6 is 0 Å². The predicted molar refractivity (Wildman–Crippen MR) is 76.4 cm³/mol. The van der Waals surface area contributed by atoms with Gasteiger partial charge in [-0.25, -0.2) is 0 Å². The fraction of sp³-hybridized carbons (Fsp3) is 0.867. The van der Waals surface area contributed by atoms with Crippen LogP contribution in [0.1, 0.15) is 51.4 Å². The first-order valence-electron chi connectivity index (χ1n) is 7.73. The molecule has 5 heteroatoms. The third-order valence-corrected chi connectivity index (χ3v) is 4.75. The summed E-state index contributed by atoms with van der Waals surface area (Å²) in [6.45, 7) is 1.94. The zero-order chi connectivity index (χ0) is 14.6. The van der Waals surface area contributed by atoms with E-state index in [1.165, 1.54) is 0 Å². The second-order valence-electron chi connectivity index (χ2n) is 6.49. The van der Waals surface area contributed by atoms with Crippen molar-refractivity contribution in [2.24, 2.45) is 5.41 Å². The standard InChI is InChI=1S/C15H26N2O3/c1-17-9-5-6-12(11-17)16-13(18)10-15(14(19)20)7-3-2-4-8-15/h12H,2-11H2,1H3,(H,16,18)(H,19,20). The van der Waals surface area contributed by atoms with E-state index in [9.17, 15) is 14.7 Å². The monoisotopic (exact) mass is 282 g/mol. The van der Waals surface area contributed by atoms with Gasteiger partial charge in [-0.05, 0) is 39.3 Å². The van der Waals surface area contributed by atoms with Crippen LogP contribution < -0.4 is 5.32 Å². The number of piperidine rings is 1. The Kier molecular flexibility index (Phi) is 5.02. The van der Waals surface area contributed by atoms with Crippen LogP contribution in [0.25, 0.3) is 0 Å². The molecule has 1 atom stereocenters. The van der Waals surface area contributed by atoms with Crippen molar-refractivity contribution in [3.8, 4) is 0 Å². The van der Waals surface area contributed by atoms with Crippen molar-refractivity contribution >= 4 is 11.9 Å². The average Bonchev–Trinajstić information content (AvgIpc) is 2.39. The van der Waals surface area contributed by atoms with E-state index in [-0.39, 0.29) is 18.4 Å². The number of likely N-dealkylation sites (N-methyl/N-ethyl adjacent to an activating group) is 1. The lowest BCUT2D eigenvalue weighted by atomic mass is 9.71. The number of hydrogen-bond acceptors (Lipinski definition) is 3. The third kappa shape index (κ3) is 3.72. The summed E-state index contributed by atoms with van der Waals surface area (Å²) in [5.41, 5.74) is -0.817. The number of likely N-dealkylation sites (tertiary alicyclic amines) is 1. The highest BCUT2D eigenvalue weighted by atomic mass is 16.4. The van der Waals surface area contributed by atoms with Crippen molar-refractivity contribution in [2.45, 2.75) is 57.4 Å². The first-order chi connectivity index (χ1) is 9.52. The van der Waals surface area contributed by atoms with E-state index in [4.69, 9.17) is 0 Å². The molecule has 1 saturated carbocycles. The van der Waals surface area contributed by atoms with E-state index in [1.807, 2.05) is 0 Å². The SMILES string of the molecule is CN1CCCC(NC(=O)CC2(C(=O)O)CCCCC2)C1. The molecule has 0 radical (unpaired) electrons. The second kappa shape index (κ2) is 6.57. The number of carboxylic acids is 1. The van der Waals surface area contributed by atoms with E-state index >= 15 is 0 Å². The zero-order valence-corrected chi connectivity index (χ0v) is 12.4. The molecule has 1 heterocycles. The van der Waals surface area contributed by atoms with Crippen molar-refractivity contribution in [3.05, 3.63) is 0 Å². The maximum atomic E-state index is 12.2. The Bertz CT molecular complexity index is 364. The van der Waals surface area contributed by atoms with Gasteiger partial charge in [-0.3, -0.25) is 9.59 Å². The fourth-order valence-electron chi connectivity index (χ4n) is 3.57. The first-order valence-corrected chi connectivity index (χ1v) is 7.73. The summed E-state index contributed by atoms with van der Waals surface area (Å²) in [6.07, 6.45) is 6.44. The Labute approximate surface area is 120 Å². The molecule has 0 spiro atoms. The van der Waals surface area contributed by atoms with Crippen molar-refractivity contribution in [2.75, 3.05) is 20.1 Å². The van der Waals surface area contributed by atoms with Crippen molar-refractivity contribution in [3.63, 3.8) is 0 Å². The Hall–Kier alpha value is -1.10. The number of carbonyl (C=O) groups excluding carboxylic acids is 1. The molecule has 2 rings (SSSR count). The highest BCUT2D eigenvalue weighted by Gasteiger charge is 2.41. The average molecular weight is 282 g/mol. The van der Waals surface area contributed by atoms with E-state index in [0.29, 0.717) is 12.8 Å². The van der Waals surface area contributed by atoms with Gasteiger partial charge >= 0.3 is 5.97 Å². The summed E-state index contributed by atoms with van der Waals surface area (Å²) in [5.74, 6) is -0.886. The summed E-state index contributed by atoms with van der Waals surface area (Å²) in [4.78, 5) is 26.0. The third-order valence-electron chi connectivity index (χ3n) is 4.75. The quantitative estimate of drug-likeness (QED) is 0.822. The van der Waals surface area contributed by atoms with Gasteiger partial charge in [0.05, 0.1) is 5.41 Å². The lowest BCUT2D eigenvalue weighted by Crippen LogP contribution is -2.48. The molecular formula is C15H26N2O3. The van der Waals surface area contributed by atoms with Crippen LogP contribution in [0.3, 0.4) is 0 Å². The molecule has 1 unspecified atom stereocenters. The summed E-state index contributed by atoms with van der Waals surface area (Å²) < 4.78 is 0. The number of carbonyl (C=O) groups is 2. The van der Waals surface area contributed by atoms with Gasteiger partial charge in [0.2, 0.25) is 5.91 Å². The Morgan fingerprint density at radius 3 is 2.55 bits per heavy atom. The number of amides is 1. The fourth-order valence-corrected chi connectivity index (χ4v) is 3.57. The number of rotatable bonds is 4. The Morgan fingerprint density at radius 1 is 1.25 bits per heavy atom. The van der Waals surface area contributed by atoms with Gasteiger partial charge in [0.15, 0.2) is 0 Å². The second-order valence-corrected chi connectivity index (χ2v) is 6.49. The van der Waals surface area contributed by atoms with Crippen molar-refractivity contribution in [1.82, 2.24) is 10.2 Å². The van der Waals surface area contributed by atoms with Gasteiger partial charge in [0.1, 0.15) is 0 Å². The lowest BCUT2D eigenvalue weighted by molar-refractivity contribution is -0.154. The number of nitrogens with zero attached hydrogens (tertiary/aromatic N) is 1. The van der Waals surface area contributed by atoms with Gasteiger partial charge < -0.3 is 15.3 Å². The zero-order valence-electron chi connectivity index (χ0n) is 12.4. The minimum Gasteiger partial charge on any atom is -0.481 e. The molecule has 0 bridgehead atoms. The van der Waals surface area contributed by atoms with Crippen LogP contribution in [0, 0.1) is 5.41 Å². The molecular weight excluding hydrogens is 256 g/mol. The molecule has 1 aliphatic heterocycles. The van der Waals surface area contributed by atoms with Crippen LogP contribution in [-0.2, 0) is 9.59 Å². The highest BCUT2D eigenvalue weighted by Crippen LogP contribution is 2.39. The van der Waals surface area contributed by atoms with Crippen LogP contribution in [-0.4, -0.2) is 48.1 Å². The van der Waals surface area contributed by atoms with Gasteiger partial charge in [0, 0.05) is 19.0 Å². The Morgan fingerprint density at radius 2 is 1.95 bits per heavy atom. The molecule has 1 saturated heterocycles. The topological polar surface area (TPSA) is 69.6 Å². The molecule has 114 valence electrons. The number of nitrogens with one attached hydrogen (secondary N) is 1. The summed E-state index contributed by atoms with van der Waals surface area (Å²) in [7, 11) is 2.05. The van der Waals surface area contributed by atoms with Crippen molar-refractivity contribution < 1.29 is 14.7 Å². The summed E-state index contributed by atoms with van der Waals surface area (Å²) >= 11 is 0. The van der Waals surface area contributed by atoms with E-state index < -0.39 is 11.4 Å². The van der Waals surface area contributed by atoms with E-state index in [2.05, 4.69) is 17.3 Å². The molecule has 0 aromatic heterocycles. The van der Waals surface area contributed by atoms with Crippen LogP contribution in [0.2, 0.25) is 0 Å². The summed E-state index contributed by atoms with van der Waals surface area (Å²) in [5, 5.41) is 12.5. The van der Waals surface area contributed by atoms with Crippen LogP contribution in [0.4, 0.5) is 0 Å². The van der Waals surface area contributed by atoms with E-state index in [0.717, 1.165) is 45.2 Å². The van der Waals surface area contributed by atoms with Gasteiger partial charge in [-0.2, -0.15) is 0 Å². The first kappa shape index (κ1) is 15.3. The molecule has 2 fully saturated rings. The van der Waals surface area contributed by atoms with Gasteiger partial charge in [-0.1, -0.05) is 19.3 Å². The molecule has 2 aliphatic rings. The largest absolute Gasteiger partial charge is 0.481 e. The smallest absolute Gasteiger partial charge is 0.310 e. The molecule has 0 aromatic carbocycles. The van der Waals surface area contributed by atoms with Gasteiger partial charge in [0.25, 0.3) is 0 Å². The minimum absolute atomic E-state index is 0.0883. The number of carboxylic acid groups (broad SMARTS) is 1. The number of hydrogen-bond donors (Lipinski definition) is 2. The molecule has 2 N–H and O–H groups in total. The predicted octanol–water partition coefficient (Wildman–Crippen LogP) is 1.62.